The summed E-state index contributed by atoms with van der Waals surface area (Å²) in [5, 5.41) is 16.4. The number of benzene rings is 2. The molecule has 0 atom stereocenters. The minimum absolute atomic E-state index is 0.0179. The van der Waals surface area contributed by atoms with E-state index in [9.17, 15) is 28.1 Å². The number of carbonyl (C=O) groups excluding carboxylic acids is 1. The smallest absolute Gasteiger partial charge is 0.379 e. The fourth-order valence-corrected chi connectivity index (χ4v) is 2.41. The molecule has 0 aliphatic carbocycles. The third-order valence-corrected chi connectivity index (χ3v) is 3.93. The number of rotatable bonds is 7. The normalized spacial score (nSPS) is 11.1. The summed E-state index contributed by atoms with van der Waals surface area (Å²) in [4.78, 5) is 22.0. The van der Waals surface area contributed by atoms with E-state index in [2.05, 4.69) is 10.6 Å². The van der Waals surface area contributed by atoms with Crippen LogP contribution in [0.1, 0.15) is 23.1 Å². The molecule has 27 heavy (non-hydrogen) atoms. The predicted molar refractivity (Wildman–Crippen MR) is 94.2 cm³/mol. The van der Waals surface area contributed by atoms with E-state index in [0.29, 0.717) is 12.6 Å². The molecule has 0 aliphatic rings. The second-order valence-electron chi connectivity index (χ2n) is 5.87. The van der Waals surface area contributed by atoms with E-state index in [4.69, 9.17) is 0 Å². The number of anilines is 1. The van der Waals surface area contributed by atoms with Crippen molar-refractivity contribution in [1.82, 2.24) is 5.32 Å². The SMILES string of the molecule is Cc1ccccc1CNC(=O)CCNc1ccc(C(F)(F)F)cc1[N+](=O)[O-]. The maximum atomic E-state index is 12.7. The predicted octanol–water partition coefficient (Wildman–Crippen LogP) is 4.04. The summed E-state index contributed by atoms with van der Waals surface area (Å²) in [6, 6.07) is 9.79. The van der Waals surface area contributed by atoms with E-state index in [0.717, 1.165) is 23.3 Å². The van der Waals surface area contributed by atoms with Crippen LogP contribution >= 0.6 is 0 Å². The van der Waals surface area contributed by atoms with Crippen molar-refractivity contribution in [1.29, 1.82) is 0 Å². The Kier molecular flexibility index (Phi) is 6.38. The van der Waals surface area contributed by atoms with Gasteiger partial charge in [0.2, 0.25) is 5.91 Å². The van der Waals surface area contributed by atoms with E-state index in [1.807, 2.05) is 31.2 Å². The standard InChI is InChI=1S/C18H18F3N3O3/c1-12-4-2-3-5-13(12)11-23-17(25)8-9-22-15-7-6-14(18(19,20)21)10-16(15)24(26)27/h2-7,10,22H,8-9,11H2,1H3,(H,23,25). The first-order valence-corrected chi connectivity index (χ1v) is 8.09. The van der Waals surface area contributed by atoms with Gasteiger partial charge in [0.05, 0.1) is 10.5 Å². The Balaban J connectivity index is 1.91. The van der Waals surface area contributed by atoms with Gasteiger partial charge in [0.25, 0.3) is 5.69 Å². The third-order valence-electron chi connectivity index (χ3n) is 3.93. The molecule has 6 nitrogen and oxygen atoms in total. The number of nitrogens with zero attached hydrogens (tertiary/aromatic N) is 1. The summed E-state index contributed by atoms with van der Waals surface area (Å²) >= 11 is 0. The van der Waals surface area contributed by atoms with Crippen LogP contribution < -0.4 is 10.6 Å². The molecule has 0 spiro atoms. The highest BCUT2D eigenvalue weighted by Gasteiger charge is 2.33. The zero-order valence-corrected chi connectivity index (χ0v) is 14.5. The van der Waals surface area contributed by atoms with E-state index in [1.54, 1.807) is 0 Å². The molecular formula is C18H18F3N3O3. The minimum Gasteiger partial charge on any atom is -0.379 e. The molecule has 0 heterocycles. The molecule has 0 radical (unpaired) electrons. The van der Waals surface area contributed by atoms with Crippen LogP contribution in [0, 0.1) is 17.0 Å². The first-order chi connectivity index (χ1) is 12.7. The Bertz CT molecular complexity index is 838. The zero-order valence-electron chi connectivity index (χ0n) is 14.5. The highest BCUT2D eigenvalue weighted by molar-refractivity contribution is 5.76. The monoisotopic (exact) mass is 381 g/mol. The van der Waals surface area contributed by atoms with Gasteiger partial charge < -0.3 is 10.6 Å². The Labute approximate surface area is 153 Å². The van der Waals surface area contributed by atoms with Gasteiger partial charge in [-0.2, -0.15) is 13.2 Å². The molecule has 0 aliphatic heterocycles. The number of hydrogen-bond donors (Lipinski definition) is 2. The molecule has 0 saturated carbocycles. The lowest BCUT2D eigenvalue weighted by Crippen LogP contribution is -2.25. The number of amides is 1. The van der Waals surface area contributed by atoms with Crippen LogP contribution in [-0.4, -0.2) is 17.4 Å². The quantitative estimate of drug-likeness (QED) is 0.560. The van der Waals surface area contributed by atoms with Gasteiger partial charge in [-0.1, -0.05) is 24.3 Å². The van der Waals surface area contributed by atoms with Crippen LogP contribution in [0.4, 0.5) is 24.5 Å². The number of carbonyl (C=O) groups is 1. The van der Waals surface area contributed by atoms with Gasteiger partial charge in [0.15, 0.2) is 0 Å². The molecule has 1 amide bonds. The van der Waals surface area contributed by atoms with Crippen molar-refractivity contribution in [2.45, 2.75) is 26.1 Å². The fourth-order valence-electron chi connectivity index (χ4n) is 2.41. The largest absolute Gasteiger partial charge is 0.416 e. The van der Waals surface area contributed by atoms with E-state index >= 15 is 0 Å². The number of nitro groups is 1. The van der Waals surface area contributed by atoms with Gasteiger partial charge in [-0.05, 0) is 30.2 Å². The van der Waals surface area contributed by atoms with Crippen LogP contribution in [0.5, 0.6) is 0 Å². The highest BCUT2D eigenvalue weighted by Crippen LogP contribution is 2.34. The number of nitro benzene ring substituents is 1. The van der Waals surface area contributed by atoms with Gasteiger partial charge in [0, 0.05) is 25.6 Å². The molecule has 0 fully saturated rings. The van der Waals surface area contributed by atoms with Crippen molar-refractivity contribution in [2.24, 2.45) is 0 Å². The first-order valence-electron chi connectivity index (χ1n) is 8.09. The molecular weight excluding hydrogens is 363 g/mol. The Hall–Kier alpha value is -3.10. The van der Waals surface area contributed by atoms with Crippen LogP contribution in [0.15, 0.2) is 42.5 Å². The maximum Gasteiger partial charge on any atom is 0.416 e. The van der Waals surface area contributed by atoms with Crippen LogP contribution in [0.3, 0.4) is 0 Å². The Morgan fingerprint density at radius 3 is 2.52 bits per heavy atom. The summed E-state index contributed by atoms with van der Waals surface area (Å²) in [5.74, 6) is -0.277. The first kappa shape index (κ1) is 20.2. The molecule has 0 saturated heterocycles. The Morgan fingerprint density at radius 2 is 1.89 bits per heavy atom. The van der Waals surface area contributed by atoms with E-state index in [-0.39, 0.29) is 24.6 Å². The second-order valence-corrected chi connectivity index (χ2v) is 5.87. The van der Waals surface area contributed by atoms with E-state index < -0.39 is 22.4 Å². The van der Waals surface area contributed by atoms with Crippen molar-refractivity contribution >= 4 is 17.3 Å². The van der Waals surface area contributed by atoms with Crippen LogP contribution in [-0.2, 0) is 17.5 Å². The average Bonchev–Trinajstić information content (AvgIpc) is 2.60. The zero-order chi connectivity index (χ0) is 20.0. The lowest BCUT2D eigenvalue weighted by molar-refractivity contribution is -0.384. The molecule has 0 aromatic heterocycles. The number of nitrogens with one attached hydrogen (secondary N) is 2. The highest BCUT2D eigenvalue weighted by atomic mass is 19.4. The summed E-state index contributed by atoms with van der Waals surface area (Å²) < 4.78 is 38.0. The Morgan fingerprint density at radius 1 is 1.19 bits per heavy atom. The molecule has 2 rings (SSSR count). The van der Waals surface area contributed by atoms with Gasteiger partial charge in [-0.25, -0.2) is 0 Å². The molecule has 144 valence electrons. The topological polar surface area (TPSA) is 84.3 Å². The van der Waals surface area contributed by atoms with E-state index in [1.165, 1.54) is 0 Å². The van der Waals surface area contributed by atoms with Gasteiger partial charge in [-0.15, -0.1) is 0 Å². The summed E-state index contributed by atoms with van der Waals surface area (Å²) in [6.07, 6.45) is -4.65. The molecule has 9 heteroatoms. The average molecular weight is 381 g/mol. The van der Waals surface area contributed by atoms with Crippen molar-refractivity contribution < 1.29 is 22.9 Å². The number of hydrogen-bond acceptors (Lipinski definition) is 4. The molecule has 2 N–H and O–H groups in total. The van der Waals surface area contributed by atoms with Crippen molar-refractivity contribution in [3.8, 4) is 0 Å². The molecule has 0 bridgehead atoms. The minimum atomic E-state index is -4.67. The fraction of sp³-hybridized carbons (Fsp3) is 0.278. The third kappa shape index (κ3) is 5.70. The number of aryl methyl sites for hydroxylation is 1. The van der Waals surface area contributed by atoms with Gasteiger partial charge in [-0.3, -0.25) is 14.9 Å². The van der Waals surface area contributed by atoms with Crippen molar-refractivity contribution in [3.05, 3.63) is 69.3 Å². The summed E-state index contributed by atoms with van der Waals surface area (Å²) in [6.45, 7) is 2.32. The molecule has 2 aromatic carbocycles. The van der Waals surface area contributed by atoms with Crippen LogP contribution in [0.25, 0.3) is 0 Å². The lowest BCUT2D eigenvalue weighted by Gasteiger charge is -2.11. The number of halogens is 3. The van der Waals surface area contributed by atoms with Crippen molar-refractivity contribution in [3.63, 3.8) is 0 Å². The van der Waals surface area contributed by atoms with Crippen LogP contribution in [0.2, 0.25) is 0 Å². The van der Waals surface area contributed by atoms with Crippen molar-refractivity contribution in [2.75, 3.05) is 11.9 Å². The summed E-state index contributed by atoms with van der Waals surface area (Å²) in [5.41, 5.74) is 0.147. The maximum absolute atomic E-state index is 12.7. The van der Waals surface area contributed by atoms with Gasteiger partial charge in [0.1, 0.15) is 5.69 Å². The lowest BCUT2D eigenvalue weighted by atomic mass is 10.1. The molecule has 2 aromatic rings. The second kappa shape index (κ2) is 8.52. The van der Waals surface area contributed by atoms with Gasteiger partial charge >= 0.3 is 6.18 Å². The molecule has 0 unspecified atom stereocenters. The number of alkyl halides is 3. The summed E-state index contributed by atoms with van der Waals surface area (Å²) in [7, 11) is 0.